The Hall–Kier alpha value is -2.43. The van der Waals surface area contributed by atoms with Crippen LogP contribution in [0.1, 0.15) is 21.7 Å². The zero-order valence-corrected chi connectivity index (χ0v) is 9.92. The van der Waals surface area contributed by atoms with Crippen molar-refractivity contribution in [3.63, 3.8) is 0 Å². The molecule has 0 saturated heterocycles. The molecule has 0 spiro atoms. The first kappa shape index (κ1) is 12.0. The lowest BCUT2D eigenvalue weighted by atomic mass is 10.2. The van der Waals surface area contributed by atoms with Crippen LogP contribution in [0.3, 0.4) is 0 Å². The second kappa shape index (κ2) is 5.27. The van der Waals surface area contributed by atoms with Crippen LogP contribution < -0.4 is 5.32 Å². The van der Waals surface area contributed by atoms with Gasteiger partial charge in [0, 0.05) is 11.8 Å². The summed E-state index contributed by atoms with van der Waals surface area (Å²) in [6, 6.07) is 6.07. The third kappa shape index (κ3) is 3.04. The Morgan fingerprint density at radius 3 is 2.56 bits per heavy atom. The molecule has 0 saturated carbocycles. The summed E-state index contributed by atoms with van der Waals surface area (Å²) in [6.07, 6.45) is 3.29. The average Bonchev–Trinajstić information content (AvgIpc) is 2.38. The highest BCUT2D eigenvalue weighted by molar-refractivity contribution is 5.94. The van der Waals surface area contributed by atoms with E-state index in [0.717, 1.165) is 5.69 Å². The molecule has 1 aromatic carbocycles. The Bertz CT molecular complexity index is 535. The van der Waals surface area contributed by atoms with Crippen molar-refractivity contribution in [3.05, 3.63) is 53.6 Å². The summed E-state index contributed by atoms with van der Waals surface area (Å²) in [7, 11) is 0. The number of carbonyl (C=O) groups excluding carboxylic acids is 1. The van der Waals surface area contributed by atoms with Gasteiger partial charge in [-0.2, -0.15) is 0 Å². The molecule has 0 bridgehead atoms. The summed E-state index contributed by atoms with van der Waals surface area (Å²) < 4.78 is 0. The molecule has 0 aliphatic carbocycles. The van der Waals surface area contributed by atoms with E-state index in [2.05, 4.69) is 15.3 Å². The number of rotatable bonds is 3. The number of hydrogen-bond donors (Lipinski definition) is 2. The molecule has 0 aliphatic heterocycles. The molecule has 1 heterocycles. The molecule has 0 atom stereocenters. The van der Waals surface area contributed by atoms with Crippen LogP contribution in [0.15, 0.2) is 36.7 Å². The third-order valence-corrected chi connectivity index (χ3v) is 2.39. The van der Waals surface area contributed by atoms with E-state index < -0.39 is 0 Å². The van der Waals surface area contributed by atoms with Gasteiger partial charge >= 0.3 is 0 Å². The minimum Gasteiger partial charge on any atom is -0.508 e. The highest BCUT2D eigenvalue weighted by Crippen LogP contribution is 2.09. The number of nitrogens with one attached hydrogen (secondary N) is 1. The predicted molar refractivity (Wildman–Crippen MR) is 66.0 cm³/mol. The minimum absolute atomic E-state index is 0.135. The van der Waals surface area contributed by atoms with E-state index in [1.54, 1.807) is 24.5 Å². The molecule has 2 aromatic rings. The molecule has 92 valence electrons. The Balaban J connectivity index is 1.96. The van der Waals surface area contributed by atoms with Gasteiger partial charge in [-0.15, -0.1) is 0 Å². The number of benzene rings is 1. The Morgan fingerprint density at radius 2 is 1.94 bits per heavy atom. The molecule has 5 nitrogen and oxygen atoms in total. The summed E-state index contributed by atoms with van der Waals surface area (Å²) in [6.45, 7) is 2.18. The first-order valence-corrected chi connectivity index (χ1v) is 5.50. The summed E-state index contributed by atoms with van der Waals surface area (Å²) >= 11 is 0. The largest absolute Gasteiger partial charge is 0.508 e. The zero-order valence-electron chi connectivity index (χ0n) is 9.92. The quantitative estimate of drug-likeness (QED) is 0.855. The van der Waals surface area contributed by atoms with Gasteiger partial charge in [0.05, 0.1) is 24.1 Å². The van der Waals surface area contributed by atoms with Crippen molar-refractivity contribution in [2.45, 2.75) is 13.5 Å². The van der Waals surface area contributed by atoms with Crippen LogP contribution in [0, 0.1) is 6.92 Å². The van der Waals surface area contributed by atoms with Crippen molar-refractivity contribution in [1.29, 1.82) is 0 Å². The van der Waals surface area contributed by atoms with Gasteiger partial charge in [0.1, 0.15) is 5.75 Å². The van der Waals surface area contributed by atoms with Gasteiger partial charge in [0.2, 0.25) is 0 Å². The number of aromatic hydroxyl groups is 1. The molecule has 1 amide bonds. The monoisotopic (exact) mass is 243 g/mol. The maximum atomic E-state index is 11.8. The van der Waals surface area contributed by atoms with Crippen molar-refractivity contribution in [1.82, 2.24) is 15.3 Å². The van der Waals surface area contributed by atoms with Gasteiger partial charge < -0.3 is 10.4 Å². The SMILES string of the molecule is Cc1cnc(CNC(=O)c2ccc(O)cc2)cn1. The standard InChI is InChI=1S/C13H13N3O2/c1-9-6-15-11(7-14-9)8-16-13(18)10-2-4-12(17)5-3-10/h2-7,17H,8H2,1H3,(H,16,18). The number of hydrogen-bond acceptors (Lipinski definition) is 4. The average molecular weight is 243 g/mol. The molecule has 0 fully saturated rings. The van der Waals surface area contributed by atoms with Crippen molar-refractivity contribution < 1.29 is 9.90 Å². The lowest BCUT2D eigenvalue weighted by molar-refractivity contribution is 0.0950. The molecular weight excluding hydrogens is 230 g/mol. The molecule has 1 aromatic heterocycles. The summed E-state index contributed by atoms with van der Waals surface area (Å²) in [5.41, 5.74) is 2.03. The van der Waals surface area contributed by atoms with Crippen molar-refractivity contribution >= 4 is 5.91 Å². The van der Waals surface area contributed by atoms with Gasteiger partial charge in [-0.3, -0.25) is 14.8 Å². The molecule has 2 rings (SSSR count). The maximum Gasteiger partial charge on any atom is 0.251 e. The van der Waals surface area contributed by atoms with E-state index >= 15 is 0 Å². The highest BCUT2D eigenvalue weighted by Gasteiger charge is 2.05. The molecule has 18 heavy (non-hydrogen) atoms. The summed E-state index contributed by atoms with van der Waals surface area (Å²) in [5.74, 6) is -0.0756. The van der Waals surface area contributed by atoms with Gasteiger partial charge in [-0.05, 0) is 31.2 Å². The molecule has 2 N–H and O–H groups in total. The molecule has 0 unspecified atom stereocenters. The van der Waals surface area contributed by atoms with E-state index in [-0.39, 0.29) is 11.7 Å². The minimum atomic E-state index is -0.211. The second-order valence-corrected chi connectivity index (χ2v) is 3.88. The normalized spacial score (nSPS) is 10.1. The van der Waals surface area contributed by atoms with Crippen molar-refractivity contribution in [2.75, 3.05) is 0 Å². The Kier molecular flexibility index (Phi) is 3.52. The lowest BCUT2D eigenvalue weighted by Gasteiger charge is -2.04. The van der Waals surface area contributed by atoms with Gasteiger partial charge in [-0.1, -0.05) is 0 Å². The zero-order chi connectivity index (χ0) is 13.0. The van der Waals surface area contributed by atoms with Crippen LogP contribution in [0.2, 0.25) is 0 Å². The number of aromatic nitrogens is 2. The predicted octanol–water partition coefficient (Wildman–Crippen LogP) is 1.42. The fourth-order valence-electron chi connectivity index (χ4n) is 1.40. The van der Waals surface area contributed by atoms with Crippen molar-refractivity contribution in [3.8, 4) is 5.75 Å². The van der Waals surface area contributed by atoms with Gasteiger partial charge in [-0.25, -0.2) is 0 Å². The molecule has 5 heteroatoms. The fraction of sp³-hybridized carbons (Fsp3) is 0.154. The summed E-state index contributed by atoms with van der Waals surface area (Å²) in [5, 5.41) is 11.9. The van der Waals surface area contributed by atoms with Crippen LogP contribution >= 0.6 is 0 Å². The molecule has 0 aliphatic rings. The topological polar surface area (TPSA) is 75.1 Å². The van der Waals surface area contributed by atoms with E-state index in [1.807, 2.05) is 6.92 Å². The van der Waals surface area contributed by atoms with E-state index in [4.69, 9.17) is 5.11 Å². The number of carbonyl (C=O) groups is 1. The Morgan fingerprint density at radius 1 is 1.22 bits per heavy atom. The second-order valence-electron chi connectivity index (χ2n) is 3.88. The van der Waals surface area contributed by atoms with Gasteiger partial charge in [0.25, 0.3) is 5.91 Å². The number of amides is 1. The number of phenols is 1. The van der Waals surface area contributed by atoms with Crippen LogP contribution in [0.4, 0.5) is 0 Å². The maximum absolute atomic E-state index is 11.8. The Labute approximate surface area is 105 Å². The molecule has 0 radical (unpaired) electrons. The first-order chi connectivity index (χ1) is 8.65. The molecular formula is C13H13N3O2. The number of nitrogens with zero attached hydrogens (tertiary/aromatic N) is 2. The van der Waals surface area contributed by atoms with E-state index in [0.29, 0.717) is 17.8 Å². The van der Waals surface area contributed by atoms with Crippen LogP contribution in [0.5, 0.6) is 5.75 Å². The van der Waals surface area contributed by atoms with Crippen molar-refractivity contribution in [2.24, 2.45) is 0 Å². The third-order valence-electron chi connectivity index (χ3n) is 2.39. The smallest absolute Gasteiger partial charge is 0.251 e. The van der Waals surface area contributed by atoms with E-state index in [1.165, 1.54) is 12.1 Å². The van der Waals surface area contributed by atoms with Crippen LogP contribution in [0.25, 0.3) is 0 Å². The lowest BCUT2D eigenvalue weighted by Crippen LogP contribution is -2.23. The number of aryl methyl sites for hydroxylation is 1. The van der Waals surface area contributed by atoms with Crippen LogP contribution in [-0.4, -0.2) is 21.0 Å². The van der Waals surface area contributed by atoms with Gasteiger partial charge in [0.15, 0.2) is 0 Å². The summed E-state index contributed by atoms with van der Waals surface area (Å²) in [4.78, 5) is 20.0. The highest BCUT2D eigenvalue weighted by atomic mass is 16.3. The van der Waals surface area contributed by atoms with E-state index in [9.17, 15) is 4.79 Å². The number of phenolic OH excluding ortho intramolecular Hbond substituents is 1. The first-order valence-electron chi connectivity index (χ1n) is 5.50. The fourth-order valence-corrected chi connectivity index (χ4v) is 1.40. The van der Waals surface area contributed by atoms with Crippen LogP contribution in [-0.2, 0) is 6.54 Å².